The third kappa shape index (κ3) is 5.97. The Labute approximate surface area is 218 Å². The number of carbonyl (C=O) groups excluding carboxylic acids is 1. The van der Waals surface area contributed by atoms with Crippen LogP contribution in [0.3, 0.4) is 0 Å². The quantitative estimate of drug-likeness (QED) is 0.342. The number of nitrogens with zero attached hydrogens (tertiary/aromatic N) is 3. The van der Waals surface area contributed by atoms with Gasteiger partial charge in [0.15, 0.2) is 0 Å². The summed E-state index contributed by atoms with van der Waals surface area (Å²) in [5, 5.41) is 3.92. The lowest BCUT2D eigenvalue weighted by Crippen LogP contribution is -2.43. The van der Waals surface area contributed by atoms with Crippen molar-refractivity contribution in [2.24, 2.45) is 5.92 Å². The van der Waals surface area contributed by atoms with E-state index in [1.807, 2.05) is 18.2 Å². The predicted molar refractivity (Wildman–Crippen MR) is 146 cm³/mol. The number of imidazole rings is 1. The molecule has 3 aromatic carbocycles. The summed E-state index contributed by atoms with van der Waals surface area (Å²) in [6, 6.07) is 24.8. The Hall–Kier alpha value is -3.15. The zero-order valence-corrected chi connectivity index (χ0v) is 21.5. The molecule has 1 saturated heterocycles. The number of amides is 1. The highest BCUT2D eigenvalue weighted by Crippen LogP contribution is 2.23. The molecule has 186 valence electrons. The smallest absolute Gasteiger partial charge is 0.224 e. The fourth-order valence-corrected chi connectivity index (χ4v) is 5.28. The van der Waals surface area contributed by atoms with Gasteiger partial charge in [-0.25, -0.2) is 4.98 Å². The van der Waals surface area contributed by atoms with Crippen LogP contribution in [-0.2, 0) is 24.3 Å². The number of carbonyl (C=O) groups is 1. The maximum Gasteiger partial charge on any atom is 0.224 e. The van der Waals surface area contributed by atoms with Gasteiger partial charge in [0, 0.05) is 24.7 Å². The average Bonchev–Trinajstić information content (AvgIpc) is 3.22. The van der Waals surface area contributed by atoms with E-state index in [0.717, 1.165) is 67.3 Å². The first kappa shape index (κ1) is 24.5. The Morgan fingerprint density at radius 3 is 2.69 bits per heavy atom. The number of fused-ring (bicyclic) bond motifs is 1. The van der Waals surface area contributed by atoms with Gasteiger partial charge in [0.05, 0.1) is 23.5 Å². The van der Waals surface area contributed by atoms with Crippen LogP contribution >= 0.6 is 11.6 Å². The standard InChI is InChI=1S/C30H33ClN4O/c1-22-6-4-7-23(18-22)15-16-32-30(36)25-8-5-17-34(20-25)21-29-33-27-9-2-3-10-28(27)35(29)19-24-11-13-26(31)14-12-24/h2-4,6-7,9-14,18,25H,5,8,15-17,19-21H2,1H3,(H,32,36)/t25-/m1/s1. The number of aryl methyl sites for hydroxylation is 1. The molecule has 1 aliphatic heterocycles. The lowest BCUT2D eigenvalue weighted by molar-refractivity contribution is -0.126. The second kappa shape index (κ2) is 11.3. The van der Waals surface area contributed by atoms with Crippen molar-refractivity contribution in [1.82, 2.24) is 19.8 Å². The molecule has 36 heavy (non-hydrogen) atoms. The van der Waals surface area contributed by atoms with Crippen LogP contribution in [0.4, 0.5) is 0 Å². The third-order valence-electron chi connectivity index (χ3n) is 7.02. The van der Waals surface area contributed by atoms with E-state index in [4.69, 9.17) is 16.6 Å². The summed E-state index contributed by atoms with van der Waals surface area (Å²) in [6.45, 7) is 5.99. The highest BCUT2D eigenvalue weighted by molar-refractivity contribution is 6.30. The SMILES string of the molecule is Cc1cccc(CCNC(=O)[C@@H]2CCCN(Cc3nc4ccccc4n3Cc3ccc(Cl)cc3)C2)c1. The third-order valence-corrected chi connectivity index (χ3v) is 7.28. The van der Waals surface area contributed by atoms with Crippen molar-refractivity contribution in [2.45, 2.75) is 39.3 Å². The van der Waals surface area contributed by atoms with E-state index in [1.54, 1.807) is 0 Å². The molecule has 0 radical (unpaired) electrons. The maximum absolute atomic E-state index is 13.0. The molecule has 1 amide bonds. The van der Waals surface area contributed by atoms with Crippen molar-refractivity contribution in [3.63, 3.8) is 0 Å². The Balaban J connectivity index is 1.24. The summed E-state index contributed by atoms with van der Waals surface area (Å²) < 4.78 is 2.30. The first-order chi connectivity index (χ1) is 17.5. The maximum atomic E-state index is 13.0. The summed E-state index contributed by atoms with van der Waals surface area (Å²) in [6.07, 6.45) is 2.82. The molecular formula is C30H33ClN4O. The summed E-state index contributed by atoms with van der Waals surface area (Å²) >= 11 is 6.10. The van der Waals surface area contributed by atoms with E-state index in [9.17, 15) is 4.79 Å². The Kier molecular flexibility index (Phi) is 7.69. The Morgan fingerprint density at radius 1 is 1.03 bits per heavy atom. The van der Waals surface area contributed by atoms with Crippen LogP contribution in [0.15, 0.2) is 72.8 Å². The summed E-state index contributed by atoms with van der Waals surface area (Å²) in [5.41, 5.74) is 5.84. The molecule has 5 nitrogen and oxygen atoms in total. The van der Waals surface area contributed by atoms with Crippen LogP contribution in [0, 0.1) is 12.8 Å². The summed E-state index contributed by atoms with van der Waals surface area (Å²) in [7, 11) is 0. The molecule has 2 heterocycles. The largest absolute Gasteiger partial charge is 0.355 e. The van der Waals surface area contributed by atoms with Crippen molar-refractivity contribution >= 4 is 28.5 Å². The van der Waals surface area contributed by atoms with Crippen molar-refractivity contribution in [2.75, 3.05) is 19.6 Å². The number of halogens is 1. The van der Waals surface area contributed by atoms with Crippen LogP contribution in [-0.4, -0.2) is 40.0 Å². The lowest BCUT2D eigenvalue weighted by Gasteiger charge is -2.31. The van der Waals surface area contributed by atoms with E-state index in [1.165, 1.54) is 16.7 Å². The van der Waals surface area contributed by atoms with Crippen molar-refractivity contribution in [3.05, 3.63) is 100 Å². The number of aromatic nitrogens is 2. The van der Waals surface area contributed by atoms with Crippen LogP contribution in [0.25, 0.3) is 11.0 Å². The first-order valence-electron chi connectivity index (χ1n) is 12.8. The predicted octanol–water partition coefficient (Wildman–Crippen LogP) is 5.62. The Morgan fingerprint density at radius 2 is 1.86 bits per heavy atom. The van der Waals surface area contributed by atoms with Crippen LogP contribution in [0.5, 0.6) is 0 Å². The van der Waals surface area contributed by atoms with Gasteiger partial charge in [-0.3, -0.25) is 9.69 Å². The number of hydrogen-bond acceptors (Lipinski definition) is 3. The zero-order chi connectivity index (χ0) is 24.9. The minimum absolute atomic E-state index is 0.0188. The summed E-state index contributed by atoms with van der Waals surface area (Å²) in [5.74, 6) is 1.22. The molecule has 0 bridgehead atoms. The van der Waals surface area contributed by atoms with E-state index < -0.39 is 0 Å². The number of rotatable bonds is 8. The average molecular weight is 501 g/mol. The number of likely N-dealkylation sites (tertiary alicyclic amines) is 1. The molecule has 0 saturated carbocycles. The number of piperidine rings is 1. The molecule has 5 rings (SSSR count). The highest BCUT2D eigenvalue weighted by atomic mass is 35.5. The molecule has 1 N–H and O–H groups in total. The van der Waals surface area contributed by atoms with Crippen LogP contribution < -0.4 is 5.32 Å². The molecule has 1 aliphatic rings. The van der Waals surface area contributed by atoms with E-state index in [2.05, 4.69) is 76.3 Å². The van der Waals surface area contributed by atoms with Crippen LogP contribution in [0.2, 0.25) is 5.02 Å². The van der Waals surface area contributed by atoms with Crippen LogP contribution in [0.1, 0.15) is 35.4 Å². The van der Waals surface area contributed by atoms with Gasteiger partial charge in [-0.2, -0.15) is 0 Å². The van der Waals surface area contributed by atoms with E-state index in [-0.39, 0.29) is 11.8 Å². The van der Waals surface area contributed by atoms with Crippen molar-refractivity contribution < 1.29 is 4.79 Å². The van der Waals surface area contributed by atoms with Gasteiger partial charge in [0.25, 0.3) is 0 Å². The fraction of sp³-hybridized carbons (Fsp3) is 0.333. The highest BCUT2D eigenvalue weighted by Gasteiger charge is 2.26. The normalized spacial score (nSPS) is 16.3. The number of nitrogens with one attached hydrogen (secondary N) is 1. The van der Waals surface area contributed by atoms with Gasteiger partial charge in [0.2, 0.25) is 5.91 Å². The number of hydrogen-bond donors (Lipinski definition) is 1. The monoisotopic (exact) mass is 500 g/mol. The second-order valence-electron chi connectivity index (χ2n) is 9.83. The minimum atomic E-state index is 0.0188. The molecule has 1 aromatic heterocycles. The van der Waals surface area contributed by atoms with Gasteiger partial charge in [0.1, 0.15) is 5.82 Å². The zero-order valence-electron chi connectivity index (χ0n) is 20.8. The van der Waals surface area contributed by atoms with Gasteiger partial charge in [-0.05, 0) is 68.1 Å². The second-order valence-corrected chi connectivity index (χ2v) is 10.3. The topological polar surface area (TPSA) is 50.2 Å². The Bertz CT molecular complexity index is 1330. The molecular weight excluding hydrogens is 468 g/mol. The summed E-state index contributed by atoms with van der Waals surface area (Å²) in [4.78, 5) is 20.3. The van der Waals surface area contributed by atoms with Crippen molar-refractivity contribution in [1.29, 1.82) is 0 Å². The van der Waals surface area contributed by atoms with Gasteiger partial charge in [-0.1, -0.05) is 65.7 Å². The molecule has 0 spiro atoms. The molecule has 0 unspecified atom stereocenters. The fourth-order valence-electron chi connectivity index (χ4n) is 5.15. The van der Waals surface area contributed by atoms with Crippen molar-refractivity contribution in [3.8, 4) is 0 Å². The number of benzene rings is 3. The molecule has 1 fully saturated rings. The first-order valence-corrected chi connectivity index (χ1v) is 13.2. The van der Waals surface area contributed by atoms with Gasteiger partial charge >= 0.3 is 0 Å². The van der Waals surface area contributed by atoms with Gasteiger partial charge < -0.3 is 9.88 Å². The minimum Gasteiger partial charge on any atom is -0.355 e. The van der Waals surface area contributed by atoms with E-state index >= 15 is 0 Å². The van der Waals surface area contributed by atoms with E-state index in [0.29, 0.717) is 6.54 Å². The number of para-hydroxylation sites is 2. The molecule has 6 heteroatoms. The molecule has 0 aliphatic carbocycles. The molecule has 1 atom stereocenters. The molecule has 4 aromatic rings. The van der Waals surface area contributed by atoms with Gasteiger partial charge in [-0.15, -0.1) is 0 Å². The lowest BCUT2D eigenvalue weighted by atomic mass is 9.97.